The van der Waals surface area contributed by atoms with Crippen molar-refractivity contribution in [1.29, 1.82) is 0 Å². The van der Waals surface area contributed by atoms with E-state index in [2.05, 4.69) is 4.98 Å². The summed E-state index contributed by atoms with van der Waals surface area (Å²) in [5.74, 6) is -0.422. The van der Waals surface area contributed by atoms with E-state index in [0.29, 0.717) is 42.0 Å². The van der Waals surface area contributed by atoms with Crippen LogP contribution in [0.1, 0.15) is 0 Å². The van der Waals surface area contributed by atoms with Gasteiger partial charge in [0.1, 0.15) is 5.69 Å². The Morgan fingerprint density at radius 2 is 2.40 bits per heavy atom. The molecule has 1 atom stereocenters. The second-order valence-electron chi connectivity index (χ2n) is 4.80. The number of aliphatic hydroxyl groups excluding tert-OH is 1. The number of fused-ring (bicyclic) bond motifs is 1. The Labute approximate surface area is 115 Å². The van der Waals surface area contributed by atoms with E-state index < -0.39 is 5.82 Å². The zero-order valence-electron chi connectivity index (χ0n) is 10.9. The van der Waals surface area contributed by atoms with E-state index >= 15 is 0 Å². The Balaban J connectivity index is 2.19. The van der Waals surface area contributed by atoms with Crippen molar-refractivity contribution in [2.45, 2.75) is 6.04 Å². The summed E-state index contributed by atoms with van der Waals surface area (Å²) in [5.41, 5.74) is 7.12. The summed E-state index contributed by atoms with van der Waals surface area (Å²) in [6, 6.07) is 4.62. The summed E-state index contributed by atoms with van der Waals surface area (Å²) in [6.07, 6.45) is 1.61. The highest BCUT2D eigenvalue weighted by Gasteiger charge is 2.27. The second-order valence-corrected chi connectivity index (χ2v) is 4.80. The number of halogens is 1. The maximum absolute atomic E-state index is 14.4. The fourth-order valence-electron chi connectivity index (χ4n) is 2.60. The first-order valence-corrected chi connectivity index (χ1v) is 6.50. The monoisotopic (exact) mass is 277 g/mol. The van der Waals surface area contributed by atoms with Crippen LogP contribution in [-0.4, -0.2) is 42.5 Å². The zero-order valence-corrected chi connectivity index (χ0v) is 10.9. The van der Waals surface area contributed by atoms with E-state index in [4.69, 9.17) is 10.5 Å². The number of nitrogens with two attached hydrogens (primary N) is 1. The second kappa shape index (κ2) is 5.22. The number of anilines is 2. The Morgan fingerprint density at radius 1 is 1.55 bits per heavy atom. The van der Waals surface area contributed by atoms with E-state index in [0.717, 1.165) is 0 Å². The number of aliphatic hydroxyl groups is 1. The van der Waals surface area contributed by atoms with Gasteiger partial charge in [-0.25, -0.2) is 4.39 Å². The molecule has 1 aromatic heterocycles. The van der Waals surface area contributed by atoms with E-state index in [1.54, 1.807) is 12.3 Å². The largest absolute Gasteiger partial charge is 0.398 e. The minimum Gasteiger partial charge on any atom is -0.398 e. The first-order valence-electron chi connectivity index (χ1n) is 6.50. The number of hydrogen-bond donors (Lipinski definition) is 2. The lowest BCUT2D eigenvalue weighted by Crippen LogP contribution is -2.48. The van der Waals surface area contributed by atoms with Gasteiger partial charge in [-0.1, -0.05) is 0 Å². The molecule has 1 unspecified atom stereocenters. The smallest absolute Gasteiger partial charge is 0.150 e. The van der Waals surface area contributed by atoms with Crippen molar-refractivity contribution < 1.29 is 14.2 Å². The van der Waals surface area contributed by atoms with Gasteiger partial charge in [-0.05, 0) is 18.2 Å². The highest BCUT2D eigenvalue weighted by molar-refractivity contribution is 5.99. The fraction of sp³-hybridized carbons (Fsp3) is 0.357. The molecule has 0 saturated carbocycles. The number of nitrogens with zero attached hydrogens (tertiary/aromatic N) is 2. The van der Waals surface area contributed by atoms with Gasteiger partial charge < -0.3 is 20.5 Å². The standard InChI is InChI=1S/C14H16FN3O2/c15-11-6-12(16)10-2-1-3-17-13(10)14(11)18-4-5-20-8-9(18)7-19/h1-3,6,9,19H,4-5,7-8,16H2. The molecule has 1 aliphatic rings. The molecule has 1 fully saturated rings. The molecule has 0 radical (unpaired) electrons. The molecule has 0 spiro atoms. The first kappa shape index (κ1) is 13.1. The van der Waals surface area contributed by atoms with Crippen molar-refractivity contribution >= 4 is 22.3 Å². The SMILES string of the molecule is Nc1cc(F)c(N2CCOCC2CO)c2ncccc12. The number of benzene rings is 1. The van der Waals surface area contributed by atoms with Crippen LogP contribution in [0.25, 0.3) is 10.9 Å². The zero-order chi connectivity index (χ0) is 14.1. The van der Waals surface area contributed by atoms with Crippen LogP contribution in [0.4, 0.5) is 15.8 Å². The summed E-state index contributed by atoms with van der Waals surface area (Å²) < 4.78 is 19.7. The predicted octanol–water partition coefficient (Wildman–Crippen LogP) is 1.15. The van der Waals surface area contributed by atoms with Gasteiger partial charge in [0.15, 0.2) is 5.82 Å². The number of hydrogen-bond acceptors (Lipinski definition) is 5. The molecule has 2 heterocycles. The summed E-state index contributed by atoms with van der Waals surface area (Å²) in [6.45, 7) is 1.28. The number of aromatic nitrogens is 1. The Bertz CT molecular complexity index is 635. The van der Waals surface area contributed by atoms with E-state index in [1.165, 1.54) is 6.07 Å². The molecule has 1 aromatic carbocycles. The minimum atomic E-state index is -0.422. The van der Waals surface area contributed by atoms with Gasteiger partial charge >= 0.3 is 0 Å². The molecule has 2 aromatic rings. The Hall–Kier alpha value is -1.92. The van der Waals surface area contributed by atoms with Crippen molar-refractivity contribution in [2.75, 3.05) is 37.0 Å². The van der Waals surface area contributed by atoms with Crippen LogP contribution < -0.4 is 10.6 Å². The number of rotatable bonds is 2. The summed E-state index contributed by atoms with van der Waals surface area (Å²) in [7, 11) is 0. The quantitative estimate of drug-likeness (QED) is 0.806. The average Bonchev–Trinajstić information content (AvgIpc) is 2.48. The van der Waals surface area contributed by atoms with Gasteiger partial charge in [0.2, 0.25) is 0 Å². The van der Waals surface area contributed by atoms with Crippen LogP contribution in [0, 0.1) is 5.82 Å². The highest BCUT2D eigenvalue weighted by Crippen LogP contribution is 2.34. The van der Waals surface area contributed by atoms with Crippen molar-refractivity contribution in [1.82, 2.24) is 4.98 Å². The number of pyridine rings is 1. The lowest BCUT2D eigenvalue weighted by atomic mass is 10.1. The molecule has 0 bridgehead atoms. The Kier molecular flexibility index (Phi) is 3.42. The van der Waals surface area contributed by atoms with E-state index in [-0.39, 0.29) is 12.6 Å². The van der Waals surface area contributed by atoms with Crippen LogP contribution in [0.15, 0.2) is 24.4 Å². The van der Waals surface area contributed by atoms with Gasteiger partial charge in [-0.15, -0.1) is 0 Å². The maximum atomic E-state index is 14.4. The molecule has 0 aliphatic carbocycles. The molecule has 20 heavy (non-hydrogen) atoms. The molecule has 3 rings (SSSR count). The van der Waals surface area contributed by atoms with Gasteiger partial charge in [0.05, 0.1) is 31.4 Å². The maximum Gasteiger partial charge on any atom is 0.150 e. The number of ether oxygens (including phenoxy) is 1. The molecule has 6 heteroatoms. The van der Waals surface area contributed by atoms with Crippen molar-refractivity contribution in [2.24, 2.45) is 0 Å². The summed E-state index contributed by atoms with van der Waals surface area (Å²) in [4.78, 5) is 6.08. The third-order valence-corrected chi connectivity index (χ3v) is 3.58. The van der Waals surface area contributed by atoms with Crippen LogP contribution in [0.3, 0.4) is 0 Å². The highest BCUT2D eigenvalue weighted by atomic mass is 19.1. The van der Waals surface area contributed by atoms with Gasteiger partial charge in [0, 0.05) is 23.8 Å². The minimum absolute atomic E-state index is 0.0991. The molecule has 5 nitrogen and oxygen atoms in total. The van der Waals surface area contributed by atoms with Crippen LogP contribution in [-0.2, 0) is 4.74 Å². The van der Waals surface area contributed by atoms with Crippen LogP contribution in [0.5, 0.6) is 0 Å². The third-order valence-electron chi connectivity index (χ3n) is 3.58. The fourth-order valence-corrected chi connectivity index (χ4v) is 2.60. The van der Waals surface area contributed by atoms with Crippen LogP contribution in [0.2, 0.25) is 0 Å². The predicted molar refractivity (Wildman–Crippen MR) is 75.2 cm³/mol. The molecular formula is C14H16FN3O2. The Morgan fingerprint density at radius 3 is 3.20 bits per heavy atom. The molecule has 0 amide bonds. The van der Waals surface area contributed by atoms with Crippen LogP contribution >= 0.6 is 0 Å². The lowest BCUT2D eigenvalue weighted by Gasteiger charge is -2.36. The molecule has 1 saturated heterocycles. The van der Waals surface area contributed by atoms with E-state index in [1.807, 2.05) is 11.0 Å². The first-order chi connectivity index (χ1) is 9.72. The third kappa shape index (κ3) is 2.07. The topological polar surface area (TPSA) is 71.6 Å². The number of nitrogen functional groups attached to an aromatic ring is 1. The van der Waals surface area contributed by atoms with Gasteiger partial charge in [-0.2, -0.15) is 0 Å². The number of morpholine rings is 1. The lowest BCUT2D eigenvalue weighted by molar-refractivity contribution is 0.0725. The normalized spacial score (nSPS) is 19.5. The molecule has 106 valence electrons. The van der Waals surface area contributed by atoms with Crippen molar-refractivity contribution in [3.8, 4) is 0 Å². The van der Waals surface area contributed by atoms with Gasteiger partial charge in [0.25, 0.3) is 0 Å². The van der Waals surface area contributed by atoms with Crippen molar-refractivity contribution in [3.63, 3.8) is 0 Å². The molecule has 3 N–H and O–H groups in total. The molecule has 1 aliphatic heterocycles. The summed E-state index contributed by atoms with van der Waals surface area (Å²) in [5, 5.41) is 10.2. The van der Waals surface area contributed by atoms with Crippen molar-refractivity contribution in [3.05, 3.63) is 30.2 Å². The van der Waals surface area contributed by atoms with E-state index in [9.17, 15) is 9.50 Å². The van der Waals surface area contributed by atoms with Gasteiger partial charge in [-0.3, -0.25) is 4.98 Å². The average molecular weight is 277 g/mol. The molecular weight excluding hydrogens is 261 g/mol. The summed E-state index contributed by atoms with van der Waals surface area (Å²) >= 11 is 0.